The van der Waals surface area contributed by atoms with Crippen LogP contribution in [0.25, 0.3) is 0 Å². The van der Waals surface area contributed by atoms with Crippen LogP contribution in [-0.2, 0) is 18.6 Å². The first-order chi connectivity index (χ1) is 7.64. The first-order valence-electron chi connectivity index (χ1n) is 5.83. The maximum absolute atomic E-state index is 11.5. The van der Waals surface area contributed by atoms with Crippen molar-refractivity contribution in [3.63, 3.8) is 0 Å². The molecule has 0 saturated heterocycles. The summed E-state index contributed by atoms with van der Waals surface area (Å²) in [5, 5.41) is 0. The smallest absolute Gasteiger partial charge is 0.288 e. The maximum Gasteiger partial charge on any atom is 0.288 e. The van der Waals surface area contributed by atoms with Crippen LogP contribution in [0.2, 0.25) is 0 Å². The van der Waals surface area contributed by atoms with E-state index in [1.807, 2.05) is 20.8 Å². The largest absolute Gasteiger partial charge is 0.330 e. The minimum atomic E-state index is -2.10. The molecule has 1 atom stereocenters. The topological polar surface area (TPSA) is 70.8 Å². The Balaban J connectivity index is 4.55. The van der Waals surface area contributed by atoms with E-state index in [-0.39, 0.29) is 0 Å². The van der Waals surface area contributed by atoms with E-state index in [9.17, 15) is 4.57 Å². The number of ether oxygens (including phenoxy) is 2. The van der Waals surface area contributed by atoms with E-state index in [1.165, 1.54) is 0 Å². The van der Waals surface area contributed by atoms with Gasteiger partial charge in [-0.3, -0.25) is 9.09 Å². The second-order valence-electron chi connectivity index (χ2n) is 3.27. The van der Waals surface area contributed by atoms with E-state index in [4.69, 9.17) is 19.7 Å². The molecule has 0 aliphatic carbocycles. The highest BCUT2D eigenvalue weighted by molar-refractivity contribution is 7.39. The highest BCUT2D eigenvalue weighted by atomic mass is 31.1. The molecule has 0 aliphatic heterocycles. The summed E-state index contributed by atoms with van der Waals surface area (Å²) in [4.78, 5) is 0. The molecule has 0 radical (unpaired) electrons. The average molecular weight is 253 g/mol. The Morgan fingerprint density at radius 2 is 1.75 bits per heavy atom. The zero-order valence-electron chi connectivity index (χ0n) is 10.5. The predicted octanol–water partition coefficient (Wildman–Crippen LogP) is 1.96. The molecule has 0 aromatic heterocycles. The summed E-state index contributed by atoms with van der Waals surface area (Å²) in [6, 6.07) is 0. The van der Waals surface area contributed by atoms with E-state index in [1.54, 1.807) is 0 Å². The van der Waals surface area contributed by atoms with E-state index in [0.717, 1.165) is 0 Å². The van der Waals surface area contributed by atoms with Gasteiger partial charge in [0, 0.05) is 25.8 Å². The summed E-state index contributed by atoms with van der Waals surface area (Å²) in [5.41, 5.74) is 5.45. The molecule has 98 valence electrons. The summed E-state index contributed by atoms with van der Waals surface area (Å²) in [6.07, 6.45) is 1.69. The Morgan fingerprint density at radius 3 is 2.12 bits per heavy atom. The second-order valence-corrected chi connectivity index (χ2v) is 4.92. The van der Waals surface area contributed by atoms with E-state index < -0.39 is 14.0 Å². The maximum atomic E-state index is 11.5. The Labute approximate surface area is 98.5 Å². The monoisotopic (exact) mass is 253 g/mol. The fourth-order valence-corrected chi connectivity index (χ4v) is 2.01. The molecule has 0 fully saturated rings. The highest BCUT2D eigenvalue weighted by Crippen LogP contribution is 2.34. The van der Waals surface area contributed by atoms with Crippen molar-refractivity contribution in [1.82, 2.24) is 0 Å². The van der Waals surface area contributed by atoms with Crippen molar-refractivity contribution < 1.29 is 18.6 Å². The summed E-state index contributed by atoms with van der Waals surface area (Å²) in [7, 11) is -2.10. The van der Waals surface area contributed by atoms with Gasteiger partial charge in [0.05, 0.1) is 0 Å². The molecule has 0 aliphatic rings. The Kier molecular flexibility index (Phi) is 9.18. The third kappa shape index (κ3) is 5.97. The first-order valence-corrected chi connectivity index (χ1v) is 7.36. The predicted molar refractivity (Wildman–Crippen MR) is 64.9 cm³/mol. The van der Waals surface area contributed by atoms with Gasteiger partial charge >= 0.3 is 0 Å². The van der Waals surface area contributed by atoms with E-state index in [2.05, 4.69) is 0 Å². The minimum absolute atomic E-state index is 0.448. The molecular formula is C10H24NO4P. The van der Waals surface area contributed by atoms with Crippen LogP contribution in [0, 0.1) is 0 Å². The quantitative estimate of drug-likeness (QED) is 0.476. The van der Waals surface area contributed by atoms with Crippen molar-refractivity contribution in [2.45, 2.75) is 39.6 Å². The molecule has 0 aromatic rings. The summed E-state index contributed by atoms with van der Waals surface area (Å²) >= 11 is 0. The van der Waals surface area contributed by atoms with E-state index in [0.29, 0.717) is 38.8 Å². The fourth-order valence-electron chi connectivity index (χ4n) is 1.30. The van der Waals surface area contributed by atoms with Crippen LogP contribution in [-0.4, -0.2) is 31.9 Å². The number of hydrogen-bond donors (Lipinski definition) is 1. The number of rotatable bonds is 10. The van der Waals surface area contributed by atoms with Gasteiger partial charge in [0.15, 0.2) is 8.03 Å². The van der Waals surface area contributed by atoms with Gasteiger partial charge in [0.2, 0.25) is 0 Å². The summed E-state index contributed by atoms with van der Waals surface area (Å²) < 4.78 is 27.9. The SMILES string of the molecule is CCOC(CCCN)(OCC)O[PH](=O)CC. The molecule has 0 bridgehead atoms. The molecule has 0 rings (SSSR count). The lowest BCUT2D eigenvalue weighted by atomic mass is 10.2. The third-order valence-corrected chi connectivity index (χ3v) is 3.09. The van der Waals surface area contributed by atoms with Crippen molar-refractivity contribution in [3.8, 4) is 0 Å². The van der Waals surface area contributed by atoms with Crippen LogP contribution in [0.4, 0.5) is 0 Å². The molecule has 0 spiro atoms. The van der Waals surface area contributed by atoms with Gasteiger partial charge in [-0.2, -0.15) is 0 Å². The molecule has 0 heterocycles. The van der Waals surface area contributed by atoms with Crippen molar-refractivity contribution in [1.29, 1.82) is 0 Å². The van der Waals surface area contributed by atoms with Crippen LogP contribution < -0.4 is 5.73 Å². The molecule has 0 aromatic carbocycles. The zero-order valence-corrected chi connectivity index (χ0v) is 11.5. The zero-order chi connectivity index (χ0) is 12.4. The lowest BCUT2D eigenvalue weighted by Gasteiger charge is -2.32. The van der Waals surface area contributed by atoms with Gasteiger partial charge in [-0.1, -0.05) is 6.92 Å². The van der Waals surface area contributed by atoms with Gasteiger partial charge in [0.25, 0.3) is 5.97 Å². The normalized spacial score (nSPS) is 14.0. The first kappa shape index (κ1) is 16.1. The standard InChI is InChI=1S/C10H24NO4P/c1-4-13-10(14-5-2,8-7-9-11)15-16(12)6-3/h16H,4-9,11H2,1-3H3. The average Bonchev–Trinajstić information content (AvgIpc) is 2.27. The van der Waals surface area contributed by atoms with E-state index >= 15 is 0 Å². The third-order valence-electron chi connectivity index (χ3n) is 1.97. The lowest BCUT2D eigenvalue weighted by molar-refractivity contribution is -0.342. The Morgan fingerprint density at radius 1 is 1.19 bits per heavy atom. The number of hydrogen-bond acceptors (Lipinski definition) is 5. The molecule has 2 N–H and O–H groups in total. The minimum Gasteiger partial charge on any atom is -0.330 e. The van der Waals surface area contributed by atoms with Crippen LogP contribution >= 0.6 is 8.03 Å². The van der Waals surface area contributed by atoms with Crippen LogP contribution in [0.5, 0.6) is 0 Å². The molecule has 0 amide bonds. The lowest BCUT2D eigenvalue weighted by Crippen LogP contribution is -2.38. The fraction of sp³-hybridized carbons (Fsp3) is 1.00. The molecular weight excluding hydrogens is 229 g/mol. The second kappa shape index (κ2) is 9.14. The van der Waals surface area contributed by atoms with Crippen molar-refractivity contribution in [2.24, 2.45) is 5.73 Å². The van der Waals surface area contributed by atoms with Gasteiger partial charge in [-0.25, -0.2) is 0 Å². The van der Waals surface area contributed by atoms with Crippen molar-refractivity contribution >= 4 is 8.03 Å². The summed E-state index contributed by atoms with van der Waals surface area (Å²) in [5.74, 6) is -1.17. The van der Waals surface area contributed by atoms with Gasteiger partial charge in [0.1, 0.15) is 0 Å². The van der Waals surface area contributed by atoms with Crippen LogP contribution in [0.1, 0.15) is 33.6 Å². The van der Waals surface area contributed by atoms with Crippen molar-refractivity contribution in [3.05, 3.63) is 0 Å². The molecule has 5 nitrogen and oxygen atoms in total. The van der Waals surface area contributed by atoms with Gasteiger partial charge in [-0.05, 0) is 26.8 Å². The number of nitrogens with two attached hydrogens (primary N) is 1. The molecule has 1 unspecified atom stereocenters. The Bertz CT molecular complexity index is 195. The van der Waals surface area contributed by atoms with Crippen molar-refractivity contribution in [2.75, 3.05) is 25.9 Å². The molecule has 16 heavy (non-hydrogen) atoms. The van der Waals surface area contributed by atoms with Crippen LogP contribution in [0.3, 0.4) is 0 Å². The van der Waals surface area contributed by atoms with Gasteiger partial charge in [-0.15, -0.1) is 0 Å². The van der Waals surface area contributed by atoms with Gasteiger partial charge < -0.3 is 15.2 Å². The highest BCUT2D eigenvalue weighted by Gasteiger charge is 2.34. The molecule has 0 saturated carbocycles. The Hall–Kier alpha value is 0.0700. The summed E-state index contributed by atoms with van der Waals surface area (Å²) in [6.45, 7) is 6.93. The molecule has 6 heteroatoms. The van der Waals surface area contributed by atoms with Crippen LogP contribution in [0.15, 0.2) is 0 Å².